The van der Waals surface area contributed by atoms with E-state index in [1.807, 2.05) is 33.9 Å². The summed E-state index contributed by atoms with van der Waals surface area (Å²) in [6.07, 6.45) is 1.96. The lowest BCUT2D eigenvalue weighted by Crippen LogP contribution is -2.42. The normalized spacial score (nSPS) is 11.7. The molecule has 1 amide bonds. The third-order valence-corrected chi connectivity index (χ3v) is 4.30. The van der Waals surface area contributed by atoms with E-state index in [1.54, 1.807) is 4.68 Å². The van der Waals surface area contributed by atoms with Crippen LogP contribution in [0.15, 0.2) is 17.6 Å². The highest BCUT2D eigenvalue weighted by molar-refractivity contribution is 7.10. The van der Waals surface area contributed by atoms with Crippen molar-refractivity contribution in [3.8, 4) is 0 Å². The maximum atomic E-state index is 12.2. The standard InChI is InChI=1S/C15H20N4O3S/c1-9(2)19-7-12(17-18-19)15(3,4)16-13(20)6-11-5-10(8-23-11)14(21)22/h5,7-9H,6H2,1-4H3,(H,16,20)(H,21,22). The number of thiophene rings is 1. The van der Waals surface area contributed by atoms with Crippen molar-refractivity contribution in [3.05, 3.63) is 33.8 Å². The number of nitrogens with zero attached hydrogens (tertiary/aromatic N) is 3. The molecule has 0 saturated carbocycles. The van der Waals surface area contributed by atoms with Gasteiger partial charge in [0.1, 0.15) is 5.69 Å². The number of hydrogen-bond donors (Lipinski definition) is 2. The zero-order chi connectivity index (χ0) is 17.2. The highest BCUT2D eigenvalue weighted by atomic mass is 32.1. The Labute approximate surface area is 138 Å². The van der Waals surface area contributed by atoms with Crippen LogP contribution in [0.1, 0.15) is 54.7 Å². The number of rotatable bonds is 6. The minimum atomic E-state index is -0.987. The topological polar surface area (TPSA) is 97.1 Å². The largest absolute Gasteiger partial charge is 0.478 e. The minimum Gasteiger partial charge on any atom is -0.478 e. The van der Waals surface area contributed by atoms with Gasteiger partial charge < -0.3 is 10.4 Å². The zero-order valence-corrected chi connectivity index (χ0v) is 14.3. The Morgan fingerprint density at radius 2 is 2.13 bits per heavy atom. The lowest BCUT2D eigenvalue weighted by Gasteiger charge is -2.23. The number of nitrogens with one attached hydrogen (secondary N) is 1. The molecule has 7 nitrogen and oxygen atoms in total. The monoisotopic (exact) mass is 336 g/mol. The fourth-order valence-electron chi connectivity index (χ4n) is 2.02. The summed E-state index contributed by atoms with van der Waals surface area (Å²) < 4.78 is 1.74. The molecular weight excluding hydrogens is 316 g/mol. The molecule has 0 aliphatic heterocycles. The first-order chi connectivity index (χ1) is 10.7. The van der Waals surface area contributed by atoms with Crippen LogP contribution in [0.4, 0.5) is 0 Å². The molecule has 0 aromatic carbocycles. The molecule has 0 spiro atoms. The number of aromatic nitrogens is 3. The van der Waals surface area contributed by atoms with Crippen molar-refractivity contribution >= 4 is 23.2 Å². The number of carbonyl (C=O) groups excluding carboxylic acids is 1. The quantitative estimate of drug-likeness (QED) is 0.843. The van der Waals surface area contributed by atoms with E-state index in [0.29, 0.717) is 10.6 Å². The second kappa shape index (κ2) is 6.49. The minimum absolute atomic E-state index is 0.139. The number of aromatic carboxylic acids is 1. The molecule has 124 valence electrons. The third kappa shape index (κ3) is 4.16. The van der Waals surface area contributed by atoms with Gasteiger partial charge in [-0.3, -0.25) is 4.79 Å². The second-order valence-electron chi connectivity index (χ2n) is 6.13. The van der Waals surface area contributed by atoms with Crippen molar-refractivity contribution < 1.29 is 14.7 Å². The molecule has 0 saturated heterocycles. The summed E-state index contributed by atoms with van der Waals surface area (Å²) in [6.45, 7) is 7.72. The van der Waals surface area contributed by atoms with Crippen molar-refractivity contribution in [1.82, 2.24) is 20.3 Å². The second-order valence-corrected chi connectivity index (χ2v) is 7.13. The Morgan fingerprint density at radius 3 is 2.65 bits per heavy atom. The van der Waals surface area contributed by atoms with E-state index in [2.05, 4.69) is 15.6 Å². The number of carboxylic acid groups (broad SMARTS) is 1. The van der Waals surface area contributed by atoms with E-state index >= 15 is 0 Å². The Hall–Kier alpha value is -2.22. The van der Waals surface area contributed by atoms with Crippen molar-refractivity contribution in [2.24, 2.45) is 0 Å². The predicted molar refractivity (Wildman–Crippen MR) is 86.6 cm³/mol. The molecule has 0 radical (unpaired) electrons. The lowest BCUT2D eigenvalue weighted by atomic mass is 10.0. The average Bonchev–Trinajstić information content (AvgIpc) is 3.06. The summed E-state index contributed by atoms with van der Waals surface area (Å²) in [5.74, 6) is -1.17. The molecule has 2 N–H and O–H groups in total. The van der Waals surface area contributed by atoms with Crippen molar-refractivity contribution in [1.29, 1.82) is 0 Å². The van der Waals surface area contributed by atoms with Gasteiger partial charge in [0.15, 0.2) is 0 Å². The van der Waals surface area contributed by atoms with Gasteiger partial charge in [-0.05, 0) is 33.8 Å². The molecule has 2 rings (SSSR count). The summed E-state index contributed by atoms with van der Waals surface area (Å²) >= 11 is 1.26. The Kier molecular flexibility index (Phi) is 4.84. The van der Waals surface area contributed by atoms with Gasteiger partial charge in [-0.25, -0.2) is 9.48 Å². The Morgan fingerprint density at radius 1 is 1.43 bits per heavy atom. The van der Waals surface area contributed by atoms with Crippen LogP contribution < -0.4 is 5.32 Å². The van der Waals surface area contributed by atoms with Gasteiger partial charge >= 0.3 is 5.97 Å². The predicted octanol–water partition coefficient (Wildman–Crippen LogP) is 2.21. The molecule has 0 aliphatic carbocycles. The Bertz CT molecular complexity index is 718. The molecule has 0 fully saturated rings. The average molecular weight is 336 g/mol. The van der Waals surface area contributed by atoms with Gasteiger partial charge in [-0.2, -0.15) is 0 Å². The number of carboxylic acids is 1. The van der Waals surface area contributed by atoms with E-state index < -0.39 is 11.5 Å². The maximum absolute atomic E-state index is 12.2. The van der Waals surface area contributed by atoms with E-state index in [4.69, 9.17) is 5.11 Å². The van der Waals surface area contributed by atoms with Gasteiger partial charge in [0.05, 0.1) is 23.7 Å². The fourth-order valence-corrected chi connectivity index (χ4v) is 2.87. The molecule has 0 aliphatic rings. The SMILES string of the molecule is CC(C)n1cc(C(C)(C)NC(=O)Cc2cc(C(=O)O)cs2)nn1. The van der Waals surface area contributed by atoms with Crippen LogP contribution in [0, 0.1) is 0 Å². The molecule has 2 aromatic rings. The number of hydrogen-bond acceptors (Lipinski definition) is 5. The molecule has 0 atom stereocenters. The highest BCUT2D eigenvalue weighted by Gasteiger charge is 2.27. The molecular formula is C15H20N4O3S. The Balaban J connectivity index is 2.03. The van der Waals surface area contributed by atoms with Crippen LogP contribution in [0.2, 0.25) is 0 Å². The van der Waals surface area contributed by atoms with Crippen molar-refractivity contribution in [3.63, 3.8) is 0 Å². The molecule has 2 aromatic heterocycles. The molecule has 23 heavy (non-hydrogen) atoms. The molecule has 2 heterocycles. The molecule has 0 unspecified atom stereocenters. The van der Waals surface area contributed by atoms with Crippen LogP contribution in [-0.4, -0.2) is 32.0 Å². The van der Waals surface area contributed by atoms with Gasteiger partial charge in [0, 0.05) is 16.3 Å². The van der Waals surface area contributed by atoms with E-state index in [1.165, 1.54) is 22.8 Å². The fraction of sp³-hybridized carbons (Fsp3) is 0.467. The summed E-state index contributed by atoms with van der Waals surface area (Å²) in [7, 11) is 0. The van der Waals surface area contributed by atoms with Crippen molar-refractivity contribution in [2.75, 3.05) is 0 Å². The van der Waals surface area contributed by atoms with Crippen LogP contribution in [0.3, 0.4) is 0 Å². The smallest absolute Gasteiger partial charge is 0.336 e. The van der Waals surface area contributed by atoms with Gasteiger partial charge in [-0.15, -0.1) is 16.4 Å². The summed E-state index contributed by atoms with van der Waals surface area (Å²) in [4.78, 5) is 23.8. The summed E-state index contributed by atoms with van der Waals surface area (Å²) in [5.41, 5.74) is 0.228. The van der Waals surface area contributed by atoms with E-state index in [9.17, 15) is 9.59 Å². The lowest BCUT2D eigenvalue weighted by molar-refractivity contribution is -0.122. The van der Waals surface area contributed by atoms with E-state index in [0.717, 1.165) is 0 Å². The number of carbonyl (C=O) groups is 2. The van der Waals surface area contributed by atoms with Crippen LogP contribution in [-0.2, 0) is 16.8 Å². The zero-order valence-electron chi connectivity index (χ0n) is 13.5. The van der Waals surface area contributed by atoms with Gasteiger partial charge in [-0.1, -0.05) is 5.21 Å². The highest BCUT2D eigenvalue weighted by Crippen LogP contribution is 2.20. The summed E-state index contributed by atoms with van der Waals surface area (Å²) in [5, 5.41) is 21.5. The van der Waals surface area contributed by atoms with Crippen LogP contribution >= 0.6 is 11.3 Å². The first-order valence-corrected chi connectivity index (χ1v) is 8.11. The third-order valence-electron chi connectivity index (χ3n) is 3.37. The van der Waals surface area contributed by atoms with E-state index in [-0.39, 0.29) is 23.9 Å². The molecule has 0 bridgehead atoms. The van der Waals surface area contributed by atoms with Gasteiger partial charge in [0.2, 0.25) is 5.91 Å². The van der Waals surface area contributed by atoms with Crippen molar-refractivity contribution in [2.45, 2.75) is 45.7 Å². The van der Waals surface area contributed by atoms with Gasteiger partial charge in [0.25, 0.3) is 0 Å². The summed E-state index contributed by atoms with van der Waals surface area (Å²) in [6, 6.07) is 1.72. The molecule has 8 heteroatoms. The first kappa shape index (κ1) is 17.1. The maximum Gasteiger partial charge on any atom is 0.336 e. The van der Waals surface area contributed by atoms with Crippen LogP contribution in [0.5, 0.6) is 0 Å². The number of amides is 1. The van der Waals surface area contributed by atoms with Crippen LogP contribution in [0.25, 0.3) is 0 Å². The first-order valence-electron chi connectivity index (χ1n) is 7.23.